The predicted molar refractivity (Wildman–Crippen MR) is 70.8 cm³/mol. The number of amides is 1. The van der Waals surface area contributed by atoms with E-state index in [0.717, 1.165) is 17.8 Å². The first-order valence-corrected chi connectivity index (χ1v) is 7.15. The molecular formula is C12H17N3O3S. The van der Waals surface area contributed by atoms with Crippen molar-refractivity contribution in [2.45, 2.75) is 25.8 Å². The number of carbonyl (C=O) groups excluding carboxylic acids is 1. The summed E-state index contributed by atoms with van der Waals surface area (Å²) in [4.78, 5) is 27.0. The van der Waals surface area contributed by atoms with Crippen LogP contribution in [0.5, 0.6) is 0 Å². The molecule has 104 valence electrons. The summed E-state index contributed by atoms with van der Waals surface area (Å²) in [6.45, 7) is 0.715. The lowest BCUT2D eigenvalue weighted by molar-refractivity contribution is -0.142. The lowest BCUT2D eigenvalue weighted by Crippen LogP contribution is -2.33. The minimum atomic E-state index is -0.768. The molecule has 1 saturated carbocycles. The van der Waals surface area contributed by atoms with E-state index in [1.54, 1.807) is 5.38 Å². The third-order valence-electron chi connectivity index (χ3n) is 3.46. The van der Waals surface area contributed by atoms with Crippen molar-refractivity contribution >= 4 is 23.2 Å². The zero-order valence-corrected chi connectivity index (χ0v) is 11.3. The van der Waals surface area contributed by atoms with Crippen LogP contribution in [0, 0.1) is 11.8 Å². The molecule has 2 unspecified atom stereocenters. The van der Waals surface area contributed by atoms with Crippen LogP contribution in [0.4, 0.5) is 0 Å². The topological polar surface area (TPSA) is 105 Å². The summed E-state index contributed by atoms with van der Waals surface area (Å²) in [6.07, 6.45) is 2.46. The number of thiazole rings is 1. The highest BCUT2D eigenvalue weighted by atomic mass is 32.1. The number of rotatable bonds is 5. The zero-order chi connectivity index (χ0) is 13.8. The highest BCUT2D eigenvalue weighted by Gasteiger charge is 2.32. The first-order chi connectivity index (χ1) is 9.11. The van der Waals surface area contributed by atoms with Crippen molar-refractivity contribution < 1.29 is 14.7 Å². The maximum absolute atomic E-state index is 11.9. The molecule has 1 aliphatic rings. The van der Waals surface area contributed by atoms with Crippen molar-refractivity contribution in [1.29, 1.82) is 0 Å². The first-order valence-electron chi connectivity index (χ1n) is 6.27. The monoisotopic (exact) mass is 283 g/mol. The summed E-state index contributed by atoms with van der Waals surface area (Å²) in [5.74, 6) is -1.34. The molecule has 0 spiro atoms. The smallest absolute Gasteiger partial charge is 0.306 e. The summed E-state index contributed by atoms with van der Waals surface area (Å²) in [5, 5.41) is 14.2. The highest BCUT2D eigenvalue weighted by molar-refractivity contribution is 7.09. The van der Waals surface area contributed by atoms with Gasteiger partial charge in [-0.05, 0) is 18.8 Å². The molecule has 0 saturated heterocycles. The Morgan fingerprint density at radius 1 is 1.53 bits per heavy atom. The van der Waals surface area contributed by atoms with Crippen LogP contribution in [-0.4, -0.2) is 28.5 Å². The average molecular weight is 283 g/mol. The van der Waals surface area contributed by atoms with E-state index in [0.29, 0.717) is 25.2 Å². The largest absolute Gasteiger partial charge is 0.481 e. The Hall–Kier alpha value is -1.47. The molecule has 19 heavy (non-hydrogen) atoms. The summed E-state index contributed by atoms with van der Waals surface area (Å²) < 4.78 is 0. The van der Waals surface area contributed by atoms with E-state index < -0.39 is 5.97 Å². The lowest BCUT2D eigenvalue weighted by Gasteiger charge is -2.15. The fraction of sp³-hybridized carbons (Fsp3) is 0.583. The van der Waals surface area contributed by atoms with Crippen LogP contribution in [0.15, 0.2) is 5.38 Å². The summed E-state index contributed by atoms with van der Waals surface area (Å²) in [6, 6.07) is 0. The molecule has 0 aliphatic heterocycles. The number of aliphatic carboxylic acids is 1. The summed E-state index contributed by atoms with van der Waals surface area (Å²) >= 11 is 1.35. The molecule has 7 heteroatoms. The van der Waals surface area contributed by atoms with Gasteiger partial charge in [-0.2, -0.15) is 0 Å². The van der Waals surface area contributed by atoms with Crippen molar-refractivity contribution in [2.24, 2.45) is 17.6 Å². The van der Waals surface area contributed by atoms with Crippen molar-refractivity contribution in [2.75, 3.05) is 6.54 Å². The SMILES string of the molecule is NCc1nc(C(=O)NCC2CCCC2C(=O)O)cs1. The van der Waals surface area contributed by atoms with Gasteiger partial charge in [-0.3, -0.25) is 9.59 Å². The number of aromatic nitrogens is 1. The molecule has 0 radical (unpaired) electrons. The zero-order valence-electron chi connectivity index (χ0n) is 10.5. The molecule has 0 bridgehead atoms. The fourth-order valence-electron chi connectivity index (χ4n) is 2.43. The van der Waals surface area contributed by atoms with Crippen molar-refractivity contribution in [3.8, 4) is 0 Å². The van der Waals surface area contributed by atoms with Gasteiger partial charge in [0.15, 0.2) is 0 Å². The van der Waals surface area contributed by atoms with Crippen LogP contribution in [0.2, 0.25) is 0 Å². The number of carbonyl (C=O) groups is 2. The van der Waals surface area contributed by atoms with Gasteiger partial charge in [0, 0.05) is 18.5 Å². The number of hydrogen-bond donors (Lipinski definition) is 3. The Kier molecular flexibility index (Phi) is 4.49. The predicted octanol–water partition coefficient (Wildman–Crippen LogP) is 0.832. The molecule has 2 rings (SSSR count). The second-order valence-electron chi connectivity index (χ2n) is 4.68. The van der Waals surface area contributed by atoms with Gasteiger partial charge in [0.05, 0.1) is 5.92 Å². The minimum Gasteiger partial charge on any atom is -0.481 e. The summed E-state index contributed by atoms with van der Waals surface area (Å²) in [7, 11) is 0. The van der Waals surface area contributed by atoms with Crippen LogP contribution in [-0.2, 0) is 11.3 Å². The lowest BCUT2D eigenvalue weighted by atomic mass is 9.96. The second kappa shape index (κ2) is 6.12. The molecule has 1 fully saturated rings. The molecule has 1 aromatic rings. The van der Waals surface area contributed by atoms with E-state index >= 15 is 0 Å². The van der Waals surface area contributed by atoms with E-state index in [1.807, 2.05) is 0 Å². The number of nitrogens with two attached hydrogens (primary N) is 1. The molecule has 4 N–H and O–H groups in total. The first kappa shape index (κ1) is 14.0. The third-order valence-corrected chi connectivity index (χ3v) is 4.33. The molecule has 1 amide bonds. The number of nitrogens with zero attached hydrogens (tertiary/aromatic N) is 1. The minimum absolute atomic E-state index is 0.0223. The number of nitrogens with one attached hydrogen (secondary N) is 1. The number of carboxylic acids is 1. The summed E-state index contributed by atoms with van der Waals surface area (Å²) in [5.41, 5.74) is 5.80. The van der Waals surface area contributed by atoms with E-state index in [-0.39, 0.29) is 17.7 Å². The van der Waals surface area contributed by atoms with Crippen LogP contribution in [0.25, 0.3) is 0 Å². The van der Waals surface area contributed by atoms with Gasteiger partial charge in [-0.25, -0.2) is 4.98 Å². The second-order valence-corrected chi connectivity index (χ2v) is 5.62. The van der Waals surface area contributed by atoms with Crippen LogP contribution in [0.3, 0.4) is 0 Å². The van der Waals surface area contributed by atoms with E-state index in [4.69, 9.17) is 10.8 Å². The molecule has 1 aromatic heterocycles. The Morgan fingerprint density at radius 3 is 2.95 bits per heavy atom. The van der Waals surface area contributed by atoms with Gasteiger partial charge in [-0.1, -0.05) is 6.42 Å². The molecule has 2 atom stereocenters. The van der Waals surface area contributed by atoms with Gasteiger partial charge < -0.3 is 16.2 Å². The van der Waals surface area contributed by atoms with Gasteiger partial charge >= 0.3 is 5.97 Å². The van der Waals surface area contributed by atoms with E-state index in [9.17, 15) is 9.59 Å². The van der Waals surface area contributed by atoms with Crippen LogP contribution < -0.4 is 11.1 Å². The highest BCUT2D eigenvalue weighted by Crippen LogP contribution is 2.31. The standard InChI is InChI=1S/C12H17N3O3S/c13-4-10-15-9(6-19-10)11(16)14-5-7-2-1-3-8(7)12(17)18/h6-8H,1-5,13H2,(H,14,16)(H,17,18). The van der Waals surface area contributed by atoms with Gasteiger partial charge in [-0.15, -0.1) is 11.3 Å². The Balaban J connectivity index is 1.88. The van der Waals surface area contributed by atoms with Crippen molar-refractivity contribution in [1.82, 2.24) is 10.3 Å². The van der Waals surface area contributed by atoms with Crippen LogP contribution >= 0.6 is 11.3 Å². The molecule has 1 aliphatic carbocycles. The van der Waals surface area contributed by atoms with E-state index in [2.05, 4.69) is 10.3 Å². The Morgan fingerprint density at radius 2 is 2.32 bits per heavy atom. The van der Waals surface area contributed by atoms with Gasteiger partial charge in [0.25, 0.3) is 5.91 Å². The van der Waals surface area contributed by atoms with Crippen LogP contribution in [0.1, 0.15) is 34.8 Å². The van der Waals surface area contributed by atoms with Crippen molar-refractivity contribution in [3.63, 3.8) is 0 Å². The fourth-order valence-corrected chi connectivity index (χ4v) is 3.08. The maximum Gasteiger partial charge on any atom is 0.306 e. The average Bonchev–Trinajstić information content (AvgIpc) is 3.04. The normalized spacial score (nSPS) is 22.4. The quantitative estimate of drug-likeness (QED) is 0.742. The number of carboxylic acid groups (broad SMARTS) is 1. The van der Waals surface area contributed by atoms with Gasteiger partial charge in [0.1, 0.15) is 10.7 Å². The molecule has 6 nitrogen and oxygen atoms in total. The molecule has 0 aromatic carbocycles. The molecular weight excluding hydrogens is 266 g/mol. The number of hydrogen-bond acceptors (Lipinski definition) is 5. The van der Waals surface area contributed by atoms with Crippen molar-refractivity contribution in [3.05, 3.63) is 16.1 Å². The molecule has 1 heterocycles. The Bertz CT molecular complexity index is 475. The van der Waals surface area contributed by atoms with Gasteiger partial charge in [0.2, 0.25) is 0 Å². The maximum atomic E-state index is 11.9. The Labute approximate surface area is 115 Å². The third kappa shape index (κ3) is 3.30. The van der Waals surface area contributed by atoms with E-state index in [1.165, 1.54) is 11.3 Å².